The number of rotatable bonds is 4. The number of fused-ring (bicyclic) bond motifs is 2. The van der Waals surface area contributed by atoms with Crippen LogP contribution >= 0.6 is 17.0 Å². The zero-order chi connectivity index (χ0) is 32.2. The van der Waals surface area contributed by atoms with Gasteiger partial charge in [-0.05, 0) is 62.8 Å². The van der Waals surface area contributed by atoms with Crippen molar-refractivity contribution < 1.29 is 20.8 Å². The maximum absolute atomic E-state index is 4.93. The van der Waals surface area contributed by atoms with Crippen molar-refractivity contribution in [3.63, 3.8) is 0 Å². The monoisotopic (exact) mass is 712 g/mol. The number of hydrogen-bond acceptors (Lipinski definition) is 0. The summed E-state index contributed by atoms with van der Waals surface area (Å²) in [6.45, 7) is 17.4. The SMILES string of the molecule is CCc1cc2c(-c3cc(C)ccc3C)cccc2[cH-]1.CCc1cc2c(-c3cc(C)ccc3C)cccc2[cH-]1.C[Si]C.[Cl][Zr+2][Cl]. The van der Waals surface area contributed by atoms with Crippen molar-refractivity contribution in [2.24, 2.45) is 0 Å². The molecule has 0 N–H and O–H groups in total. The Morgan fingerprint density at radius 3 is 1.27 bits per heavy atom. The summed E-state index contributed by atoms with van der Waals surface area (Å²) in [7, 11) is 11.0. The fourth-order valence-corrected chi connectivity index (χ4v) is 5.52. The fraction of sp³-hybridized carbons (Fsp3) is 0.250. The van der Waals surface area contributed by atoms with Crippen LogP contribution in [0.25, 0.3) is 43.8 Å². The van der Waals surface area contributed by atoms with Crippen molar-refractivity contribution in [2.45, 2.75) is 67.5 Å². The van der Waals surface area contributed by atoms with E-state index in [2.05, 4.69) is 152 Å². The van der Waals surface area contributed by atoms with Crippen LogP contribution in [0.5, 0.6) is 0 Å². The first-order valence-corrected chi connectivity index (χ1v) is 23.6. The van der Waals surface area contributed by atoms with Crippen LogP contribution in [0.15, 0.2) is 97.1 Å². The molecule has 0 nitrogen and oxygen atoms in total. The van der Waals surface area contributed by atoms with Crippen molar-refractivity contribution in [1.82, 2.24) is 0 Å². The van der Waals surface area contributed by atoms with Gasteiger partial charge >= 0.3 is 37.9 Å². The molecule has 6 rings (SSSR count). The van der Waals surface area contributed by atoms with Gasteiger partial charge in [0.1, 0.15) is 0 Å². The summed E-state index contributed by atoms with van der Waals surface area (Å²) in [5.74, 6) is 0. The van der Waals surface area contributed by atoms with Gasteiger partial charge in [0.15, 0.2) is 0 Å². The second-order valence-electron chi connectivity index (χ2n) is 11.3. The van der Waals surface area contributed by atoms with Gasteiger partial charge in [-0.1, -0.05) is 97.7 Å². The van der Waals surface area contributed by atoms with Crippen molar-refractivity contribution in [3.05, 3.63) is 130 Å². The number of benzene rings is 4. The standard InChI is InChI=1S/2C19H19.C2H6Si.2ClH.Zr/c2*1-4-15-11-16-6-5-7-17(19(16)12-15)18-10-13(2)8-9-14(18)3;1-3-2;;;/h2*5-12H,4H2,1-3H3;1-2H3;2*1H;/q2*-1;;;;+4/p-2. The summed E-state index contributed by atoms with van der Waals surface area (Å²) in [5, 5.41) is 5.48. The van der Waals surface area contributed by atoms with E-state index in [1.54, 1.807) is 0 Å². The number of aryl methyl sites for hydroxylation is 6. The molecule has 0 heterocycles. The van der Waals surface area contributed by atoms with E-state index in [0.29, 0.717) is 0 Å². The van der Waals surface area contributed by atoms with Gasteiger partial charge in [0.05, 0.1) is 0 Å². The van der Waals surface area contributed by atoms with Crippen LogP contribution in [0, 0.1) is 27.7 Å². The molecule has 0 fully saturated rings. The van der Waals surface area contributed by atoms with E-state index in [0.717, 1.165) is 22.4 Å². The van der Waals surface area contributed by atoms with E-state index in [1.165, 1.54) is 77.2 Å². The normalized spacial score (nSPS) is 10.2. The van der Waals surface area contributed by atoms with Gasteiger partial charge in [0.25, 0.3) is 0 Å². The number of hydrogen-bond donors (Lipinski definition) is 0. The molecule has 0 saturated carbocycles. The molecule has 0 aliphatic carbocycles. The zero-order valence-corrected chi connectivity index (χ0v) is 32.4. The van der Waals surface area contributed by atoms with Crippen LogP contribution in [0.1, 0.15) is 47.2 Å². The molecule has 4 heteroatoms. The molecule has 0 aromatic heterocycles. The molecule has 6 aromatic rings. The average Bonchev–Trinajstić information content (AvgIpc) is 3.65. The van der Waals surface area contributed by atoms with Crippen molar-refractivity contribution in [3.8, 4) is 22.3 Å². The van der Waals surface area contributed by atoms with Gasteiger partial charge in [-0.25, -0.2) is 0 Å². The molecule has 0 aliphatic heterocycles. The summed E-state index contributed by atoms with van der Waals surface area (Å²) in [6, 6.07) is 35.9. The van der Waals surface area contributed by atoms with Gasteiger partial charge in [0.2, 0.25) is 0 Å². The Kier molecular flexibility index (Phi) is 14.9. The Morgan fingerprint density at radius 2 is 0.932 bits per heavy atom. The molecule has 0 unspecified atom stereocenters. The predicted molar refractivity (Wildman–Crippen MR) is 197 cm³/mol. The third-order valence-corrected chi connectivity index (χ3v) is 7.80. The summed E-state index contributed by atoms with van der Waals surface area (Å²) in [4.78, 5) is 0. The van der Waals surface area contributed by atoms with Crippen molar-refractivity contribution in [1.29, 1.82) is 0 Å². The van der Waals surface area contributed by atoms with Gasteiger partial charge in [-0.15, -0.1) is 69.1 Å². The van der Waals surface area contributed by atoms with Gasteiger partial charge < -0.3 is 0 Å². The molecule has 6 aromatic carbocycles. The molecule has 0 spiro atoms. The summed E-state index contributed by atoms with van der Waals surface area (Å²) >= 11 is -0.826. The third-order valence-electron chi connectivity index (χ3n) is 7.80. The Balaban J connectivity index is 0.000000204. The van der Waals surface area contributed by atoms with Crippen LogP contribution in [0.3, 0.4) is 0 Å². The predicted octanol–water partition coefficient (Wildman–Crippen LogP) is 13.0. The van der Waals surface area contributed by atoms with Crippen LogP contribution < -0.4 is 0 Å². The van der Waals surface area contributed by atoms with Crippen LogP contribution in [-0.2, 0) is 33.7 Å². The summed E-state index contributed by atoms with van der Waals surface area (Å²) in [5.41, 5.74) is 13.6. The number of halogens is 2. The molecule has 0 atom stereocenters. The summed E-state index contributed by atoms with van der Waals surface area (Å²) in [6.07, 6.45) is 2.20. The van der Waals surface area contributed by atoms with Crippen LogP contribution in [0.4, 0.5) is 0 Å². The Bertz CT molecular complexity index is 1640. The second-order valence-corrected chi connectivity index (χ2v) is 16.0. The third kappa shape index (κ3) is 9.40. The molecule has 0 saturated heterocycles. The first-order chi connectivity index (χ1) is 21.2. The van der Waals surface area contributed by atoms with E-state index in [9.17, 15) is 0 Å². The minimum absolute atomic E-state index is 0.826. The first-order valence-electron chi connectivity index (χ1n) is 15.3. The fourth-order valence-electron chi connectivity index (χ4n) is 5.52. The average molecular weight is 715 g/mol. The minimum atomic E-state index is -0.826. The molecular formula is C40H44Cl2SiZr. The molecule has 0 bridgehead atoms. The maximum atomic E-state index is 4.93. The van der Waals surface area contributed by atoms with Crippen LogP contribution in [0.2, 0.25) is 13.1 Å². The zero-order valence-electron chi connectivity index (χ0n) is 27.4. The Morgan fingerprint density at radius 1 is 0.568 bits per heavy atom. The van der Waals surface area contributed by atoms with Crippen molar-refractivity contribution in [2.75, 3.05) is 0 Å². The molecular weight excluding hydrogens is 671 g/mol. The molecule has 44 heavy (non-hydrogen) atoms. The Labute approximate surface area is 287 Å². The van der Waals surface area contributed by atoms with E-state index < -0.39 is 20.8 Å². The van der Waals surface area contributed by atoms with Gasteiger partial charge in [-0.2, -0.15) is 12.1 Å². The van der Waals surface area contributed by atoms with Crippen molar-refractivity contribution >= 4 is 48.1 Å². The molecule has 226 valence electrons. The van der Waals surface area contributed by atoms with Gasteiger partial charge in [0, 0.05) is 9.52 Å². The Hall–Kier alpha value is -2.22. The quantitative estimate of drug-likeness (QED) is 0.126. The second kappa shape index (κ2) is 18.1. The molecule has 2 radical (unpaired) electrons. The molecule has 0 amide bonds. The first kappa shape index (κ1) is 36.3. The van der Waals surface area contributed by atoms with Crippen LogP contribution in [-0.4, -0.2) is 9.52 Å². The van der Waals surface area contributed by atoms with E-state index in [-0.39, 0.29) is 0 Å². The van der Waals surface area contributed by atoms with E-state index in [4.69, 9.17) is 17.0 Å². The van der Waals surface area contributed by atoms with E-state index in [1.807, 2.05) is 0 Å². The topological polar surface area (TPSA) is 0 Å². The van der Waals surface area contributed by atoms with Gasteiger partial charge in [-0.3, -0.25) is 0 Å². The summed E-state index contributed by atoms with van der Waals surface area (Å²) < 4.78 is 0. The van der Waals surface area contributed by atoms with E-state index >= 15 is 0 Å². The molecule has 0 aliphatic rings.